The van der Waals surface area contributed by atoms with E-state index in [9.17, 15) is 18.0 Å². The zero-order valence-electron chi connectivity index (χ0n) is 7.77. The summed E-state index contributed by atoms with van der Waals surface area (Å²) in [6.07, 6.45) is -4.47. The molecule has 0 atom stereocenters. The number of ketones is 1. The van der Waals surface area contributed by atoms with Crippen molar-refractivity contribution in [3.8, 4) is 0 Å². The Labute approximate surface area is 79.5 Å². The van der Waals surface area contributed by atoms with Gasteiger partial charge in [-0.3, -0.25) is 4.79 Å². The van der Waals surface area contributed by atoms with Crippen LogP contribution in [0.25, 0.3) is 0 Å². The molecule has 76 valence electrons. The largest absolute Gasteiger partial charge is 0.417 e. The highest BCUT2D eigenvalue weighted by Gasteiger charge is 2.34. The second-order valence-electron chi connectivity index (χ2n) is 3.10. The molecular formula is C10H9F3O. The molecule has 0 saturated heterocycles. The van der Waals surface area contributed by atoms with Gasteiger partial charge in [-0.25, -0.2) is 0 Å². The van der Waals surface area contributed by atoms with Gasteiger partial charge in [-0.1, -0.05) is 17.7 Å². The van der Waals surface area contributed by atoms with E-state index in [0.29, 0.717) is 5.56 Å². The number of aryl methyl sites for hydroxylation is 1. The van der Waals surface area contributed by atoms with Crippen LogP contribution in [0.15, 0.2) is 18.2 Å². The lowest BCUT2D eigenvalue weighted by molar-refractivity contribution is -0.137. The van der Waals surface area contributed by atoms with Crippen molar-refractivity contribution in [3.05, 3.63) is 34.9 Å². The lowest BCUT2D eigenvalue weighted by Crippen LogP contribution is -2.11. The van der Waals surface area contributed by atoms with E-state index in [4.69, 9.17) is 0 Å². The molecule has 0 saturated carbocycles. The van der Waals surface area contributed by atoms with E-state index in [1.54, 1.807) is 6.92 Å². The minimum absolute atomic E-state index is 0.275. The van der Waals surface area contributed by atoms with Crippen molar-refractivity contribution < 1.29 is 18.0 Å². The molecule has 0 amide bonds. The molecule has 0 aromatic heterocycles. The SMILES string of the molecule is CC(=O)c1ccc(C)cc1C(F)(F)F. The number of halogens is 3. The van der Waals surface area contributed by atoms with Crippen molar-refractivity contribution in [1.29, 1.82) is 0 Å². The average molecular weight is 202 g/mol. The van der Waals surface area contributed by atoms with Gasteiger partial charge in [0.1, 0.15) is 0 Å². The molecule has 0 radical (unpaired) electrons. The summed E-state index contributed by atoms with van der Waals surface area (Å²) in [5.74, 6) is -0.572. The molecule has 14 heavy (non-hydrogen) atoms. The molecule has 0 aliphatic heterocycles. The molecule has 0 unspecified atom stereocenters. The van der Waals surface area contributed by atoms with Crippen LogP contribution < -0.4 is 0 Å². The highest BCUT2D eigenvalue weighted by Crippen LogP contribution is 2.32. The summed E-state index contributed by atoms with van der Waals surface area (Å²) in [6, 6.07) is 3.68. The fourth-order valence-corrected chi connectivity index (χ4v) is 1.20. The molecule has 0 aliphatic carbocycles. The lowest BCUT2D eigenvalue weighted by atomic mass is 10.0. The predicted molar refractivity (Wildman–Crippen MR) is 46.2 cm³/mol. The highest BCUT2D eigenvalue weighted by atomic mass is 19.4. The Morgan fingerprint density at radius 2 is 1.86 bits per heavy atom. The number of carbonyl (C=O) groups excluding carboxylic acids is 1. The van der Waals surface area contributed by atoms with Gasteiger partial charge in [0, 0.05) is 5.56 Å². The maximum atomic E-state index is 12.4. The van der Waals surface area contributed by atoms with Gasteiger partial charge < -0.3 is 0 Å². The van der Waals surface area contributed by atoms with Crippen LogP contribution in [0.1, 0.15) is 28.4 Å². The number of Topliss-reactive ketones (excluding diaryl/α,β-unsaturated/α-hetero) is 1. The quantitative estimate of drug-likeness (QED) is 0.639. The Hall–Kier alpha value is -1.32. The average Bonchev–Trinajstić information content (AvgIpc) is 2.01. The van der Waals surface area contributed by atoms with E-state index >= 15 is 0 Å². The third kappa shape index (κ3) is 2.13. The zero-order chi connectivity index (χ0) is 10.9. The Morgan fingerprint density at radius 3 is 2.29 bits per heavy atom. The van der Waals surface area contributed by atoms with Crippen LogP contribution in [-0.4, -0.2) is 5.78 Å². The first-order valence-corrected chi connectivity index (χ1v) is 4.01. The summed E-state index contributed by atoms with van der Waals surface area (Å²) in [7, 11) is 0. The van der Waals surface area contributed by atoms with E-state index in [1.165, 1.54) is 12.1 Å². The summed E-state index contributed by atoms with van der Waals surface area (Å²) in [5.41, 5.74) is -0.643. The molecule has 0 heterocycles. The predicted octanol–water partition coefficient (Wildman–Crippen LogP) is 3.22. The molecule has 0 fully saturated rings. The van der Waals surface area contributed by atoms with Gasteiger partial charge in [0.2, 0.25) is 0 Å². The minimum Gasteiger partial charge on any atom is -0.294 e. The lowest BCUT2D eigenvalue weighted by Gasteiger charge is -2.11. The summed E-state index contributed by atoms with van der Waals surface area (Å²) < 4.78 is 37.3. The minimum atomic E-state index is -4.47. The monoisotopic (exact) mass is 202 g/mol. The van der Waals surface area contributed by atoms with Crippen LogP contribution >= 0.6 is 0 Å². The molecule has 0 spiro atoms. The van der Waals surface area contributed by atoms with Gasteiger partial charge in [0.05, 0.1) is 5.56 Å². The number of alkyl halides is 3. The topological polar surface area (TPSA) is 17.1 Å². The van der Waals surface area contributed by atoms with Gasteiger partial charge in [-0.05, 0) is 19.9 Å². The first kappa shape index (κ1) is 10.8. The number of hydrogen-bond donors (Lipinski definition) is 0. The van der Waals surface area contributed by atoms with Gasteiger partial charge in [0.25, 0.3) is 0 Å². The normalized spacial score (nSPS) is 11.5. The van der Waals surface area contributed by atoms with Crippen LogP contribution in [0.3, 0.4) is 0 Å². The van der Waals surface area contributed by atoms with Crippen molar-refractivity contribution in [2.45, 2.75) is 20.0 Å². The highest BCUT2D eigenvalue weighted by molar-refractivity contribution is 5.95. The van der Waals surface area contributed by atoms with Crippen LogP contribution in [-0.2, 0) is 6.18 Å². The third-order valence-corrected chi connectivity index (χ3v) is 1.86. The second kappa shape index (κ2) is 3.44. The van der Waals surface area contributed by atoms with Gasteiger partial charge in [-0.2, -0.15) is 13.2 Å². The molecular weight excluding hydrogens is 193 g/mol. The molecule has 4 heteroatoms. The van der Waals surface area contributed by atoms with Crippen LogP contribution in [0.4, 0.5) is 13.2 Å². The molecule has 0 N–H and O–H groups in total. The van der Waals surface area contributed by atoms with E-state index < -0.39 is 17.5 Å². The number of carbonyl (C=O) groups is 1. The smallest absolute Gasteiger partial charge is 0.294 e. The van der Waals surface area contributed by atoms with Crippen LogP contribution in [0.2, 0.25) is 0 Å². The van der Waals surface area contributed by atoms with E-state index in [2.05, 4.69) is 0 Å². The maximum Gasteiger partial charge on any atom is 0.417 e. The zero-order valence-corrected chi connectivity index (χ0v) is 7.77. The Bertz CT molecular complexity index is 366. The molecule has 1 rings (SSSR count). The number of hydrogen-bond acceptors (Lipinski definition) is 1. The first-order chi connectivity index (χ1) is 6.32. The standard InChI is InChI=1S/C10H9F3O/c1-6-3-4-8(7(2)14)9(5-6)10(11,12)13/h3-5H,1-2H3. The first-order valence-electron chi connectivity index (χ1n) is 4.01. The van der Waals surface area contributed by atoms with E-state index in [-0.39, 0.29) is 5.56 Å². The van der Waals surface area contributed by atoms with Gasteiger partial charge in [-0.15, -0.1) is 0 Å². The van der Waals surface area contributed by atoms with Crippen molar-refractivity contribution in [2.75, 3.05) is 0 Å². The molecule has 0 aliphatic rings. The van der Waals surface area contributed by atoms with Crippen LogP contribution in [0.5, 0.6) is 0 Å². The fourth-order valence-electron chi connectivity index (χ4n) is 1.20. The second-order valence-corrected chi connectivity index (χ2v) is 3.10. The third-order valence-electron chi connectivity index (χ3n) is 1.86. The van der Waals surface area contributed by atoms with Gasteiger partial charge >= 0.3 is 6.18 Å². The van der Waals surface area contributed by atoms with Gasteiger partial charge in [0.15, 0.2) is 5.78 Å². The van der Waals surface area contributed by atoms with Crippen molar-refractivity contribution in [3.63, 3.8) is 0 Å². The van der Waals surface area contributed by atoms with Crippen molar-refractivity contribution in [1.82, 2.24) is 0 Å². The van der Waals surface area contributed by atoms with E-state index in [0.717, 1.165) is 13.0 Å². The molecule has 1 aromatic carbocycles. The van der Waals surface area contributed by atoms with Crippen molar-refractivity contribution >= 4 is 5.78 Å². The van der Waals surface area contributed by atoms with Crippen LogP contribution in [0, 0.1) is 6.92 Å². The van der Waals surface area contributed by atoms with Crippen molar-refractivity contribution in [2.24, 2.45) is 0 Å². The Kier molecular flexibility index (Phi) is 2.64. The number of benzene rings is 1. The molecule has 0 bridgehead atoms. The summed E-state index contributed by atoms with van der Waals surface area (Å²) in [6.45, 7) is 2.68. The summed E-state index contributed by atoms with van der Waals surface area (Å²) in [4.78, 5) is 10.9. The Morgan fingerprint density at radius 1 is 1.29 bits per heavy atom. The van der Waals surface area contributed by atoms with E-state index in [1.807, 2.05) is 0 Å². The maximum absolute atomic E-state index is 12.4. The summed E-state index contributed by atoms with van der Waals surface area (Å²) >= 11 is 0. The Balaban J connectivity index is 3.38. The summed E-state index contributed by atoms with van der Waals surface area (Å²) in [5, 5.41) is 0. The number of rotatable bonds is 1. The molecule has 1 nitrogen and oxygen atoms in total. The fraction of sp³-hybridized carbons (Fsp3) is 0.300. The molecule has 1 aromatic rings.